The lowest BCUT2D eigenvalue weighted by molar-refractivity contribution is 0.498. The van der Waals surface area contributed by atoms with Crippen LogP contribution in [0, 0.1) is 23.3 Å². The first kappa shape index (κ1) is 23.9. The summed E-state index contributed by atoms with van der Waals surface area (Å²) < 4.78 is 58.1. The molecule has 0 aliphatic heterocycles. The molecule has 0 saturated heterocycles. The number of unbranched alkanes of at least 4 members (excludes halogenated alkanes) is 4. The smallest absolute Gasteiger partial charge is 0.168 e. The Morgan fingerprint density at radius 3 is 1.31 bits per heavy atom. The zero-order valence-electron chi connectivity index (χ0n) is 18.5. The molecular formula is C26H28F4N2. The summed E-state index contributed by atoms with van der Waals surface area (Å²) in [7, 11) is 0. The quantitative estimate of drug-likeness (QED) is 0.235. The van der Waals surface area contributed by atoms with E-state index in [0.717, 1.165) is 38.5 Å². The molecule has 0 fully saturated rings. The standard InChI is InChI=1S/C26H28F4N2/c1-3-5-7-9-17-11-13-19(25(29)23(17)27)21-15-32-22(16-31-21)20-14-12-18(10-8-6-4-2)24(28)26(20)30/h11-16H,3-10H2,1-2H3. The second-order valence-electron chi connectivity index (χ2n) is 8.00. The van der Waals surface area contributed by atoms with Crippen LogP contribution in [0.4, 0.5) is 17.6 Å². The van der Waals surface area contributed by atoms with Gasteiger partial charge >= 0.3 is 0 Å². The monoisotopic (exact) mass is 444 g/mol. The molecule has 6 heteroatoms. The zero-order chi connectivity index (χ0) is 23.1. The van der Waals surface area contributed by atoms with Gasteiger partial charge in [-0.05, 0) is 48.9 Å². The van der Waals surface area contributed by atoms with Crippen LogP contribution < -0.4 is 0 Å². The molecule has 0 unspecified atom stereocenters. The lowest BCUT2D eigenvalue weighted by Crippen LogP contribution is -2.01. The minimum atomic E-state index is -0.977. The summed E-state index contributed by atoms with van der Waals surface area (Å²) in [5.74, 6) is -3.71. The lowest BCUT2D eigenvalue weighted by Gasteiger charge is -2.10. The molecule has 0 radical (unpaired) electrons. The highest BCUT2D eigenvalue weighted by Gasteiger charge is 2.18. The number of hydrogen-bond donors (Lipinski definition) is 0. The second kappa shape index (κ2) is 11.2. The van der Waals surface area contributed by atoms with Crippen LogP contribution >= 0.6 is 0 Å². The third kappa shape index (κ3) is 5.34. The maximum atomic E-state index is 14.6. The van der Waals surface area contributed by atoms with Crippen LogP contribution in [-0.2, 0) is 12.8 Å². The van der Waals surface area contributed by atoms with Gasteiger partial charge in [0.05, 0.1) is 23.8 Å². The van der Waals surface area contributed by atoms with Gasteiger partial charge in [-0.25, -0.2) is 17.6 Å². The van der Waals surface area contributed by atoms with E-state index in [0.29, 0.717) is 24.0 Å². The number of nitrogens with zero attached hydrogens (tertiary/aromatic N) is 2. The molecule has 0 N–H and O–H groups in total. The molecule has 1 heterocycles. The highest BCUT2D eigenvalue weighted by atomic mass is 19.2. The molecular weight excluding hydrogens is 416 g/mol. The van der Waals surface area contributed by atoms with Gasteiger partial charge in [-0.3, -0.25) is 9.97 Å². The van der Waals surface area contributed by atoms with Crippen LogP contribution in [0.1, 0.15) is 63.5 Å². The van der Waals surface area contributed by atoms with Crippen molar-refractivity contribution < 1.29 is 17.6 Å². The average molecular weight is 445 g/mol. The van der Waals surface area contributed by atoms with E-state index in [2.05, 4.69) is 9.97 Å². The van der Waals surface area contributed by atoms with Crippen molar-refractivity contribution in [2.45, 2.75) is 65.2 Å². The fraction of sp³-hybridized carbons (Fsp3) is 0.385. The SMILES string of the molecule is CCCCCc1ccc(-c2cnc(-c3ccc(CCCCC)c(F)c3F)cn2)c(F)c1F. The number of hydrogen-bond acceptors (Lipinski definition) is 2. The predicted octanol–water partition coefficient (Wildman–Crippen LogP) is 7.83. The van der Waals surface area contributed by atoms with Crippen molar-refractivity contribution in [3.8, 4) is 22.5 Å². The van der Waals surface area contributed by atoms with E-state index in [1.54, 1.807) is 12.1 Å². The molecule has 2 aromatic carbocycles. The Balaban J connectivity index is 1.82. The molecule has 3 aromatic rings. The van der Waals surface area contributed by atoms with Gasteiger partial charge in [0.25, 0.3) is 0 Å². The van der Waals surface area contributed by atoms with E-state index in [1.807, 2.05) is 13.8 Å². The summed E-state index contributed by atoms with van der Waals surface area (Å²) in [4.78, 5) is 8.26. The molecule has 0 aliphatic carbocycles. The first-order chi connectivity index (χ1) is 15.5. The molecule has 0 amide bonds. The Labute approximate surface area is 186 Å². The van der Waals surface area contributed by atoms with Crippen molar-refractivity contribution >= 4 is 0 Å². The van der Waals surface area contributed by atoms with Gasteiger partial charge in [0.1, 0.15) is 0 Å². The lowest BCUT2D eigenvalue weighted by atomic mass is 10.0. The number of benzene rings is 2. The first-order valence-corrected chi connectivity index (χ1v) is 11.2. The summed E-state index contributed by atoms with van der Waals surface area (Å²) >= 11 is 0. The molecule has 170 valence electrons. The number of rotatable bonds is 10. The Hall–Kier alpha value is -2.76. The van der Waals surface area contributed by atoms with Crippen molar-refractivity contribution in [1.82, 2.24) is 9.97 Å². The van der Waals surface area contributed by atoms with Crippen molar-refractivity contribution in [3.63, 3.8) is 0 Å². The Morgan fingerprint density at radius 1 is 0.562 bits per heavy atom. The first-order valence-electron chi connectivity index (χ1n) is 11.2. The van der Waals surface area contributed by atoms with Gasteiger partial charge in [0.2, 0.25) is 0 Å². The van der Waals surface area contributed by atoms with Crippen LogP contribution in [0.3, 0.4) is 0 Å². The third-order valence-electron chi connectivity index (χ3n) is 5.63. The molecule has 0 saturated carbocycles. The van der Waals surface area contributed by atoms with Crippen molar-refractivity contribution in [3.05, 3.63) is 71.1 Å². The normalized spacial score (nSPS) is 11.2. The molecule has 0 aliphatic rings. The zero-order valence-corrected chi connectivity index (χ0v) is 18.5. The Bertz CT molecular complexity index is 964. The Kier molecular flexibility index (Phi) is 8.37. The van der Waals surface area contributed by atoms with E-state index in [1.165, 1.54) is 24.5 Å². The average Bonchev–Trinajstić information content (AvgIpc) is 2.80. The molecule has 0 spiro atoms. The van der Waals surface area contributed by atoms with Crippen LogP contribution in [0.25, 0.3) is 22.5 Å². The topological polar surface area (TPSA) is 25.8 Å². The maximum Gasteiger partial charge on any atom is 0.168 e. The van der Waals surface area contributed by atoms with Crippen molar-refractivity contribution in [1.29, 1.82) is 0 Å². The summed E-state index contributed by atoms with van der Waals surface area (Å²) in [5, 5.41) is 0. The minimum absolute atomic E-state index is 0.0151. The van der Waals surface area contributed by atoms with E-state index < -0.39 is 23.3 Å². The fourth-order valence-corrected chi connectivity index (χ4v) is 3.70. The predicted molar refractivity (Wildman–Crippen MR) is 119 cm³/mol. The summed E-state index contributed by atoms with van der Waals surface area (Å²) in [6.07, 6.45) is 8.92. The molecule has 1 aromatic heterocycles. The third-order valence-corrected chi connectivity index (χ3v) is 5.63. The van der Waals surface area contributed by atoms with E-state index in [4.69, 9.17) is 0 Å². The van der Waals surface area contributed by atoms with Crippen LogP contribution in [0.5, 0.6) is 0 Å². The maximum absolute atomic E-state index is 14.6. The van der Waals surface area contributed by atoms with E-state index >= 15 is 0 Å². The van der Waals surface area contributed by atoms with Crippen molar-refractivity contribution in [2.24, 2.45) is 0 Å². The minimum Gasteiger partial charge on any atom is -0.252 e. The Morgan fingerprint density at radius 2 is 0.969 bits per heavy atom. The van der Waals surface area contributed by atoms with Crippen LogP contribution in [-0.4, -0.2) is 9.97 Å². The van der Waals surface area contributed by atoms with Gasteiger partial charge in [0, 0.05) is 11.1 Å². The molecule has 0 bridgehead atoms. The number of halogens is 4. The number of aromatic nitrogens is 2. The fourth-order valence-electron chi connectivity index (χ4n) is 3.70. The number of aryl methyl sites for hydroxylation is 2. The van der Waals surface area contributed by atoms with Crippen LogP contribution in [0.2, 0.25) is 0 Å². The molecule has 3 rings (SSSR count). The highest BCUT2D eigenvalue weighted by molar-refractivity contribution is 5.64. The molecule has 32 heavy (non-hydrogen) atoms. The molecule has 0 atom stereocenters. The summed E-state index contributed by atoms with van der Waals surface area (Å²) in [6.45, 7) is 4.09. The van der Waals surface area contributed by atoms with Gasteiger partial charge in [-0.1, -0.05) is 51.7 Å². The van der Waals surface area contributed by atoms with E-state index in [9.17, 15) is 17.6 Å². The summed E-state index contributed by atoms with van der Waals surface area (Å²) in [5.41, 5.74) is 0.892. The van der Waals surface area contributed by atoms with Gasteiger partial charge in [0.15, 0.2) is 23.3 Å². The van der Waals surface area contributed by atoms with Gasteiger partial charge in [-0.15, -0.1) is 0 Å². The summed E-state index contributed by atoms with van der Waals surface area (Å²) in [6, 6.07) is 6.08. The van der Waals surface area contributed by atoms with E-state index in [-0.39, 0.29) is 22.5 Å². The van der Waals surface area contributed by atoms with Gasteiger partial charge in [-0.2, -0.15) is 0 Å². The van der Waals surface area contributed by atoms with Crippen molar-refractivity contribution in [2.75, 3.05) is 0 Å². The second-order valence-corrected chi connectivity index (χ2v) is 8.00. The highest BCUT2D eigenvalue weighted by Crippen LogP contribution is 2.29. The largest absolute Gasteiger partial charge is 0.252 e. The molecule has 2 nitrogen and oxygen atoms in total. The van der Waals surface area contributed by atoms with Crippen LogP contribution in [0.15, 0.2) is 36.7 Å². The van der Waals surface area contributed by atoms with Gasteiger partial charge < -0.3 is 0 Å².